The molecule has 0 aromatic rings. The number of nitrogens with two attached hydrogens (primary N) is 1. The Morgan fingerprint density at radius 2 is 2.50 bits per heavy atom. The number of likely N-dealkylation sites (N-methyl/N-ethyl adjacent to an activating group) is 1. The molecule has 1 aliphatic rings. The minimum absolute atomic E-state index is 0.131. The first-order chi connectivity index (χ1) is 5.61. The van der Waals surface area contributed by atoms with Gasteiger partial charge in [-0.1, -0.05) is 0 Å². The molecule has 0 saturated carbocycles. The van der Waals surface area contributed by atoms with Crippen LogP contribution in [0, 0.1) is 6.54 Å². The summed E-state index contributed by atoms with van der Waals surface area (Å²) in [5.74, 6) is 6.71. The molecular weight excluding hydrogens is 174 g/mol. The number of carbonyl (C=O) groups excluding carboxylic acids is 1. The minimum Gasteiger partial charge on any atom is -0.293 e. The summed E-state index contributed by atoms with van der Waals surface area (Å²) in [4.78, 5) is 13.3. The second kappa shape index (κ2) is 3.64. The van der Waals surface area contributed by atoms with Crippen molar-refractivity contribution in [1.82, 2.24) is 10.3 Å². The van der Waals surface area contributed by atoms with E-state index in [2.05, 4.69) is 5.43 Å². The molecule has 1 atom stereocenters. The third-order valence-corrected chi connectivity index (χ3v) is 3.40. The third kappa shape index (κ3) is 1.57. The van der Waals surface area contributed by atoms with Crippen LogP contribution in [0.15, 0.2) is 0 Å². The van der Waals surface area contributed by atoms with Gasteiger partial charge in [0.15, 0.2) is 0 Å². The molecule has 1 aliphatic heterocycles. The van der Waals surface area contributed by atoms with Gasteiger partial charge in [-0.15, -0.1) is 0 Å². The number of hydrogen-bond donors (Lipinski definition) is 2. The van der Waals surface area contributed by atoms with Gasteiger partial charge in [0.25, 0.3) is 5.91 Å². The van der Waals surface area contributed by atoms with Crippen LogP contribution in [0.4, 0.5) is 0 Å². The summed E-state index contributed by atoms with van der Waals surface area (Å²) in [6, 6.07) is 0. The first-order valence-corrected chi connectivity index (χ1v) is 4.92. The van der Waals surface area contributed by atoms with E-state index < -0.39 is 5.54 Å². The Morgan fingerprint density at radius 3 is 3.00 bits per heavy atom. The van der Waals surface area contributed by atoms with Crippen molar-refractivity contribution in [2.75, 3.05) is 18.6 Å². The fourth-order valence-electron chi connectivity index (χ4n) is 1.11. The molecular formula is C7H14N3OS. The van der Waals surface area contributed by atoms with Crippen molar-refractivity contribution in [3.05, 3.63) is 6.54 Å². The number of rotatable bonds is 1. The number of nitrogens with zero attached hydrogens (tertiary/aromatic N) is 1. The second-order valence-electron chi connectivity index (χ2n) is 3.06. The Balaban J connectivity index is 2.72. The summed E-state index contributed by atoms with van der Waals surface area (Å²) < 4.78 is 0. The minimum atomic E-state index is -0.488. The molecule has 1 fully saturated rings. The monoisotopic (exact) mass is 188 g/mol. The average molecular weight is 188 g/mol. The largest absolute Gasteiger partial charge is 0.293 e. The van der Waals surface area contributed by atoms with E-state index in [0.717, 1.165) is 11.5 Å². The molecule has 1 unspecified atom stereocenters. The van der Waals surface area contributed by atoms with Crippen molar-refractivity contribution in [3.63, 3.8) is 0 Å². The highest BCUT2D eigenvalue weighted by Gasteiger charge is 2.39. The lowest BCUT2D eigenvalue weighted by atomic mass is 10.0. The van der Waals surface area contributed by atoms with E-state index in [1.807, 2.05) is 25.4 Å². The standard InChI is InChI=1S/C7H14N3OS/c1-7(6(11)9-8)5-12-4-3-10(7)2/h3H,4-5,8H2,1-2H3,(H,9,11). The van der Waals surface area contributed by atoms with Gasteiger partial charge in [-0.3, -0.25) is 15.1 Å². The van der Waals surface area contributed by atoms with E-state index in [1.165, 1.54) is 0 Å². The Hall–Kier alpha value is -0.260. The van der Waals surface area contributed by atoms with E-state index in [1.54, 1.807) is 11.8 Å². The van der Waals surface area contributed by atoms with Gasteiger partial charge in [0.1, 0.15) is 5.54 Å². The normalized spacial score (nSPS) is 31.6. The van der Waals surface area contributed by atoms with Crippen molar-refractivity contribution in [2.24, 2.45) is 5.84 Å². The molecule has 12 heavy (non-hydrogen) atoms. The van der Waals surface area contributed by atoms with Crippen LogP contribution < -0.4 is 11.3 Å². The highest BCUT2D eigenvalue weighted by molar-refractivity contribution is 7.99. The van der Waals surface area contributed by atoms with Gasteiger partial charge in [-0.05, 0) is 14.0 Å². The van der Waals surface area contributed by atoms with E-state index in [4.69, 9.17) is 5.84 Å². The summed E-state index contributed by atoms with van der Waals surface area (Å²) in [5, 5.41) is 0. The molecule has 5 heteroatoms. The molecule has 69 valence electrons. The van der Waals surface area contributed by atoms with Gasteiger partial charge >= 0.3 is 0 Å². The molecule has 4 nitrogen and oxygen atoms in total. The van der Waals surface area contributed by atoms with Crippen molar-refractivity contribution < 1.29 is 4.79 Å². The first kappa shape index (κ1) is 9.83. The zero-order valence-electron chi connectivity index (χ0n) is 7.33. The van der Waals surface area contributed by atoms with Crippen molar-refractivity contribution in [3.8, 4) is 0 Å². The van der Waals surface area contributed by atoms with Gasteiger partial charge in [0.05, 0.1) is 0 Å². The molecule has 1 radical (unpaired) electrons. The summed E-state index contributed by atoms with van der Waals surface area (Å²) >= 11 is 1.74. The lowest BCUT2D eigenvalue weighted by Gasteiger charge is -2.39. The molecule has 1 heterocycles. The number of carbonyl (C=O) groups is 1. The smallest absolute Gasteiger partial charge is 0.254 e. The Morgan fingerprint density at radius 1 is 1.83 bits per heavy atom. The summed E-state index contributed by atoms with van der Waals surface area (Å²) in [6.45, 7) is 3.89. The summed E-state index contributed by atoms with van der Waals surface area (Å²) in [6.07, 6.45) is 0. The van der Waals surface area contributed by atoms with Crippen LogP contribution in [0.25, 0.3) is 0 Å². The number of nitrogens with one attached hydrogen (secondary N) is 1. The second-order valence-corrected chi connectivity index (χ2v) is 4.09. The molecule has 0 bridgehead atoms. The Labute approximate surface area is 76.8 Å². The molecule has 0 aliphatic carbocycles. The lowest BCUT2D eigenvalue weighted by molar-refractivity contribution is -0.129. The topological polar surface area (TPSA) is 58.4 Å². The molecule has 0 aromatic carbocycles. The average Bonchev–Trinajstić information content (AvgIpc) is 2.09. The van der Waals surface area contributed by atoms with Crippen LogP contribution >= 0.6 is 11.8 Å². The number of thioether (sulfide) groups is 1. The SMILES string of the molecule is CN1[CH]CSCC1(C)C(=O)NN. The van der Waals surface area contributed by atoms with E-state index in [0.29, 0.717) is 0 Å². The van der Waals surface area contributed by atoms with Crippen LogP contribution in [-0.4, -0.2) is 34.9 Å². The summed E-state index contributed by atoms with van der Waals surface area (Å²) in [7, 11) is 1.90. The molecule has 1 amide bonds. The number of amides is 1. The van der Waals surface area contributed by atoms with Crippen molar-refractivity contribution in [2.45, 2.75) is 12.5 Å². The highest BCUT2D eigenvalue weighted by atomic mass is 32.2. The Kier molecular flexibility index (Phi) is 2.98. The highest BCUT2D eigenvalue weighted by Crippen LogP contribution is 2.26. The predicted octanol–water partition coefficient (Wildman–Crippen LogP) is -0.425. The van der Waals surface area contributed by atoms with Gasteiger partial charge in [0, 0.05) is 18.1 Å². The lowest BCUT2D eigenvalue weighted by Crippen LogP contribution is -2.59. The van der Waals surface area contributed by atoms with E-state index >= 15 is 0 Å². The zero-order valence-corrected chi connectivity index (χ0v) is 8.15. The van der Waals surface area contributed by atoms with E-state index in [9.17, 15) is 4.79 Å². The quantitative estimate of drug-likeness (QED) is 0.333. The van der Waals surface area contributed by atoms with Crippen LogP contribution in [0.5, 0.6) is 0 Å². The van der Waals surface area contributed by atoms with Crippen LogP contribution in [0.1, 0.15) is 6.92 Å². The van der Waals surface area contributed by atoms with Gasteiger partial charge in [0.2, 0.25) is 0 Å². The van der Waals surface area contributed by atoms with Crippen molar-refractivity contribution >= 4 is 17.7 Å². The van der Waals surface area contributed by atoms with Crippen LogP contribution in [-0.2, 0) is 4.79 Å². The fraction of sp³-hybridized carbons (Fsp3) is 0.714. The van der Waals surface area contributed by atoms with Crippen LogP contribution in [0.3, 0.4) is 0 Å². The number of hydrogen-bond acceptors (Lipinski definition) is 4. The molecule has 0 spiro atoms. The molecule has 3 N–H and O–H groups in total. The molecule has 0 aromatic heterocycles. The predicted molar refractivity (Wildman–Crippen MR) is 50.1 cm³/mol. The third-order valence-electron chi connectivity index (χ3n) is 2.25. The first-order valence-electron chi connectivity index (χ1n) is 3.76. The maximum Gasteiger partial charge on any atom is 0.254 e. The summed E-state index contributed by atoms with van der Waals surface area (Å²) in [5.41, 5.74) is 1.70. The van der Waals surface area contributed by atoms with Crippen LogP contribution in [0.2, 0.25) is 0 Å². The van der Waals surface area contributed by atoms with Crippen molar-refractivity contribution in [1.29, 1.82) is 0 Å². The van der Waals surface area contributed by atoms with Gasteiger partial charge in [-0.2, -0.15) is 11.8 Å². The van der Waals surface area contributed by atoms with Gasteiger partial charge in [-0.25, -0.2) is 5.84 Å². The van der Waals surface area contributed by atoms with E-state index in [-0.39, 0.29) is 5.91 Å². The molecule has 1 rings (SSSR count). The maximum absolute atomic E-state index is 11.4. The van der Waals surface area contributed by atoms with Gasteiger partial charge < -0.3 is 0 Å². The maximum atomic E-state index is 11.4. The zero-order chi connectivity index (χ0) is 9.19. The fourth-order valence-corrected chi connectivity index (χ4v) is 2.29. The Bertz CT molecular complexity index is 187. The molecule has 1 saturated heterocycles. The number of hydrazine groups is 1.